The molecule has 1 atom stereocenters. The number of para-hydroxylation sites is 1. The van der Waals surface area contributed by atoms with Crippen molar-refractivity contribution in [2.75, 3.05) is 6.54 Å². The van der Waals surface area contributed by atoms with E-state index in [1.54, 1.807) is 6.07 Å². The normalized spacial score (nSPS) is 20.9. The number of ketones is 1. The van der Waals surface area contributed by atoms with Gasteiger partial charge in [-0.15, -0.1) is 0 Å². The summed E-state index contributed by atoms with van der Waals surface area (Å²) < 4.78 is 5.72. The summed E-state index contributed by atoms with van der Waals surface area (Å²) >= 11 is 0. The van der Waals surface area contributed by atoms with Crippen molar-refractivity contribution in [3.63, 3.8) is 0 Å². The SMILES string of the molecule is Cc1c(C(=O)CN2C(=O)N[C@@]3(CCCc4ccccc43)C2=O)oc2ccccc12. The lowest BCUT2D eigenvalue weighted by molar-refractivity contribution is -0.131. The quantitative estimate of drug-likeness (QED) is 0.548. The standard InChI is InChI=1S/C23H20N2O4/c1-14-16-9-3-5-11-19(16)29-20(14)18(26)13-25-21(27)23(24-22(25)28)12-6-8-15-7-2-4-10-17(15)23/h2-5,7,9-11H,6,8,12-13H2,1H3,(H,24,28)/t23-/m1/s1. The van der Waals surface area contributed by atoms with Crippen molar-refractivity contribution < 1.29 is 18.8 Å². The van der Waals surface area contributed by atoms with Crippen molar-refractivity contribution in [3.05, 3.63) is 71.0 Å². The Morgan fingerprint density at radius 1 is 1.14 bits per heavy atom. The maximum Gasteiger partial charge on any atom is 0.325 e. The van der Waals surface area contributed by atoms with Gasteiger partial charge in [0.2, 0.25) is 5.78 Å². The predicted octanol–water partition coefficient (Wildman–Crippen LogP) is 3.71. The maximum atomic E-state index is 13.3. The number of benzene rings is 2. The van der Waals surface area contributed by atoms with Crippen LogP contribution in [0, 0.1) is 6.92 Å². The third-order valence-corrected chi connectivity index (χ3v) is 6.05. The van der Waals surface area contributed by atoms with Crippen molar-refractivity contribution in [1.82, 2.24) is 10.2 Å². The first kappa shape index (κ1) is 17.7. The Bertz CT molecular complexity index is 1180. The summed E-state index contributed by atoms with van der Waals surface area (Å²) in [6.45, 7) is 1.47. The van der Waals surface area contributed by atoms with Crippen LogP contribution in [0.4, 0.5) is 4.79 Å². The summed E-state index contributed by atoms with van der Waals surface area (Å²) in [6, 6.07) is 14.5. The number of hydrogen-bond donors (Lipinski definition) is 1. The highest BCUT2D eigenvalue weighted by Crippen LogP contribution is 2.40. The number of amides is 3. The van der Waals surface area contributed by atoms with Gasteiger partial charge in [-0.1, -0.05) is 42.5 Å². The molecule has 3 aromatic rings. The first-order chi connectivity index (χ1) is 14.0. The Labute approximate surface area is 167 Å². The number of hydrogen-bond acceptors (Lipinski definition) is 4. The average molecular weight is 388 g/mol. The van der Waals surface area contributed by atoms with Crippen LogP contribution >= 0.6 is 0 Å². The molecule has 1 fully saturated rings. The van der Waals surface area contributed by atoms with E-state index < -0.39 is 11.6 Å². The van der Waals surface area contributed by atoms with E-state index in [1.165, 1.54) is 0 Å². The molecular weight excluding hydrogens is 368 g/mol. The minimum Gasteiger partial charge on any atom is -0.453 e. The molecule has 2 aromatic carbocycles. The molecule has 0 radical (unpaired) electrons. The van der Waals surface area contributed by atoms with Gasteiger partial charge < -0.3 is 9.73 Å². The second-order valence-electron chi connectivity index (χ2n) is 7.71. The van der Waals surface area contributed by atoms with Gasteiger partial charge in [0.1, 0.15) is 11.1 Å². The average Bonchev–Trinajstić information content (AvgIpc) is 3.19. The summed E-state index contributed by atoms with van der Waals surface area (Å²) in [5.41, 5.74) is 2.15. The predicted molar refractivity (Wildman–Crippen MR) is 107 cm³/mol. The van der Waals surface area contributed by atoms with Crippen molar-refractivity contribution in [2.45, 2.75) is 31.7 Å². The fourth-order valence-corrected chi connectivity index (χ4v) is 4.61. The highest BCUT2D eigenvalue weighted by molar-refractivity contribution is 6.12. The molecule has 1 aliphatic carbocycles. The molecule has 1 aromatic heterocycles. The molecule has 5 rings (SSSR count). The minimum absolute atomic E-state index is 0.191. The van der Waals surface area contributed by atoms with Gasteiger partial charge in [0, 0.05) is 10.9 Å². The number of Topliss-reactive ketones (excluding diaryl/α,β-unsaturated/α-hetero) is 1. The lowest BCUT2D eigenvalue weighted by atomic mass is 9.76. The van der Waals surface area contributed by atoms with Crippen LogP contribution in [-0.4, -0.2) is 29.2 Å². The van der Waals surface area contributed by atoms with Gasteiger partial charge in [-0.05, 0) is 43.4 Å². The van der Waals surface area contributed by atoms with E-state index in [4.69, 9.17) is 4.42 Å². The Morgan fingerprint density at radius 2 is 1.90 bits per heavy atom. The third kappa shape index (κ3) is 2.52. The maximum absolute atomic E-state index is 13.3. The lowest BCUT2D eigenvalue weighted by Gasteiger charge is -2.33. The van der Waals surface area contributed by atoms with Crippen molar-refractivity contribution in [1.29, 1.82) is 0 Å². The molecule has 6 nitrogen and oxygen atoms in total. The number of furan rings is 1. The summed E-state index contributed by atoms with van der Waals surface area (Å²) in [5.74, 6) is -0.558. The van der Waals surface area contributed by atoms with Crippen LogP contribution in [0.5, 0.6) is 0 Å². The van der Waals surface area contributed by atoms with Crippen molar-refractivity contribution in [2.24, 2.45) is 0 Å². The molecular formula is C23H20N2O4. The zero-order chi connectivity index (χ0) is 20.2. The number of nitrogens with one attached hydrogen (secondary N) is 1. The first-order valence-corrected chi connectivity index (χ1v) is 9.75. The topological polar surface area (TPSA) is 79.6 Å². The van der Waals surface area contributed by atoms with E-state index in [9.17, 15) is 14.4 Å². The highest BCUT2D eigenvalue weighted by Gasteiger charge is 2.54. The number of aryl methyl sites for hydroxylation is 2. The van der Waals surface area contributed by atoms with Gasteiger partial charge in [0.25, 0.3) is 5.91 Å². The lowest BCUT2D eigenvalue weighted by Crippen LogP contribution is -2.46. The van der Waals surface area contributed by atoms with Gasteiger partial charge >= 0.3 is 6.03 Å². The smallest absolute Gasteiger partial charge is 0.325 e. The largest absolute Gasteiger partial charge is 0.453 e. The highest BCUT2D eigenvalue weighted by atomic mass is 16.3. The second-order valence-corrected chi connectivity index (χ2v) is 7.71. The van der Waals surface area contributed by atoms with Gasteiger partial charge in [-0.2, -0.15) is 0 Å². The number of nitrogens with zero attached hydrogens (tertiary/aromatic N) is 1. The zero-order valence-corrected chi connectivity index (χ0v) is 16.0. The molecule has 2 aliphatic rings. The Morgan fingerprint density at radius 3 is 2.72 bits per heavy atom. The number of rotatable bonds is 3. The molecule has 0 saturated carbocycles. The number of carbonyl (C=O) groups excluding carboxylic acids is 3. The van der Waals surface area contributed by atoms with E-state index >= 15 is 0 Å². The molecule has 3 amide bonds. The molecule has 1 saturated heterocycles. The Balaban J connectivity index is 1.47. The third-order valence-electron chi connectivity index (χ3n) is 6.05. The Hall–Kier alpha value is -3.41. The van der Waals surface area contributed by atoms with E-state index in [0.29, 0.717) is 12.0 Å². The van der Waals surface area contributed by atoms with E-state index in [2.05, 4.69) is 5.32 Å². The van der Waals surface area contributed by atoms with E-state index in [-0.39, 0.29) is 24.0 Å². The van der Waals surface area contributed by atoms with Crippen LogP contribution in [0.15, 0.2) is 52.9 Å². The van der Waals surface area contributed by atoms with Crippen LogP contribution in [0.25, 0.3) is 11.0 Å². The monoisotopic (exact) mass is 388 g/mol. The number of urea groups is 1. The number of carbonyl (C=O) groups is 3. The summed E-state index contributed by atoms with van der Waals surface area (Å²) in [5, 5.41) is 3.73. The molecule has 1 aliphatic heterocycles. The van der Waals surface area contributed by atoms with Crippen LogP contribution in [0.2, 0.25) is 0 Å². The summed E-state index contributed by atoms with van der Waals surface area (Å²) in [4.78, 5) is 40.0. The van der Waals surface area contributed by atoms with Crippen molar-refractivity contribution in [3.8, 4) is 0 Å². The fraction of sp³-hybridized carbons (Fsp3) is 0.261. The molecule has 29 heavy (non-hydrogen) atoms. The van der Waals surface area contributed by atoms with Crippen LogP contribution in [0.1, 0.15) is 40.1 Å². The Kier molecular flexibility index (Phi) is 3.84. The summed E-state index contributed by atoms with van der Waals surface area (Å²) in [6.07, 6.45) is 2.20. The molecule has 6 heteroatoms. The molecule has 2 heterocycles. The van der Waals surface area contributed by atoms with Crippen LogP contribution < -0.4 is 5.32 Å². The molecule has 146 valence electrons. The molecule has 1 spiro atoms. The number of imide groups is 1. The van der Waals surface area contributed by atoms with Crippen LogP contribution in [-0.2, 0) is 16.8 Å². The van der Waals surface area contributed by atoms with Gasteiger partial charge in [0.05, 0.1) is 6.54 Å². The van der Waals surface area contributed by atoms with Gasteiger partial charge in [-0.25, -0.2) is 4.79 Å². The van der Waals surface area contributed by atoms with E-state index in [0.717, 1.165) is 39.8 Å². The first-order valence-electron chi connectivity index (χ1n) is 9.75. The zero-order valence-electron chi connectivity index (χ0n) is 16.0. The van der Waals surface area contributed by atoms with Gasteiger partial charge in [0.15, 0.2) is 5.76 Å². The molecule has 0 bridgehead atoms. The summed E-state index contributed by atoms with van der Waals surface area (Å²) in [7, 11) is 0. The van der Waals surface area contributed by atoms with Crippen LogP contribution in [0.3, 0.4) is 0 Å². The molecule has 0 unspecified atom stereocenters. The minimum atomic E-state index is -1.07. The second kappa shape index (κ2) is 6.30. The van der Waals surface area contributed by atoms with Crippen molar-refractivity contribution >= 4 is 28.7 Å². The molecule has 1 N–H and O–H groups in total. The fourth-order valence-electron chi connectivity index (χ4n) is 4.61. The number of fused-ring (bicyclic) bond motifs is 3. The van der Waals surface area contributed by atoms with Gasteiger partial charge in [-0.3, -0.25) is 14.5 Å². The van der Waals surface area contributed by atoms with E-state index in [1.807, 2.05) is 49.4 Å².